The van der Waals surface area contributed by atoms with E-state index in [-0.39, 0.29) is 5.97 Å². The van der Waals surface area contributed by atoms with Crippen molar-refractivity contribution in [2.75, 3.05) is 19.8 Å². The summed E-state index contributed by atoms with van der Waals surface area (Å²) in [6.45, 7) is 5.23. The largest absolute Gasteiger partial charge is 0.462 e. The number of rotatable bonds is 5. The van der Waals surface area contributed by atoms with Gasteiger partial charge in [-0.05, 0) is 13.8 Å². The quantitative estimate of drug-likeness (QED) is 0.352. The molecular weight excluding hydrogens is 156 g/mol. The molecule has 0 N–H and O–H groups in total. The Balaban J connectivity index is 2.04. The average molecular weight is 170 g/mol. The minimum Gasteiger partial charge on any atom is -0.462 e. The molecule has 0 amide bonds. The molecular formula is C9H14O3. The molecule has 0 fully saturated rings. The SMILES string of the molecule is CCOCCOC(=O)C1(C)C=C1. The molecule has 0 bridgehead atoms. The van der Waals surface area contributed by atoms with Crippen LogP contribution in [0.4, 0.5) is 0 Å². The summed E-state index contributed by atoms with van der Waals surface area (Å²) in [7, 11) is 0. The number of hydrogen-bond acceptors (Lipinski definition) is 3. The second-order valence-electron chi connectivity index (χ2n) is 2.95. The molecule has 68 valence electrons. The molecule has 1 aliphatic carbocycles. The van der Waals surface area contributed by atoms with Crippen LogP contribution in [-0.4, -0.2) is 25.8 Å². The lowest BCUT2D eigenvalue weighted by molar-refractivity contribution is -0.149. The molecule has 1 aliphatic rings. The molecule has 0 aromatic carbocycles. The van der Waals surface area contributed by atoms with Crippen LogP contribution >= 0.6 is 0 Å². The van der Waals surface area contributed by atoms with Crippen molar-refractivity contribution in [2.24, 2.45) is 5.41 Å². The van der Waals surface area contributed by atoms with Crippen molar-refractivity contribution in [2.45, 2.75) is 13.8 Å². The Kier molecular flexibility index (Phi) is 2.87. The van der Waals surface area contributed by atoms with Crippen LogP contribution in [0.1, 0.15) is 13.8 Å². The van der Waals surface area contributed by atoms with E-state index in [1.54, 1.807) is 0 Å². The molecule has 0 spiro atoms. The lowest BCUT2D eigenvalue weighted by Crippen LogP contribution is -2.19. The minimum atomic E-state index is -0.411. The van der Waals surface area contributed by atoms with Gasteiger partial charge in [0, 0.05) is 6.61 Å². The van der Waals surface area contributed by atoms with Gasteiger partial charge in [-0.25, -0.2) is 0 Å². The van der Waals surface area contributed by atoms with E-state index in [0.717, 1.165) is 0 Å². The van der Waals surface area contributed by atoms with Gasteiger partial charge in [-0.2, -0.15) is 0 Å². The fourth-order valence-corrected chi connectivity index (χ4v) is 0.754. The maximum absolute atomic E-state index is 11.1. The van der Waals surface area contributed by atoms with E-state index < -0.39 is 5.41 Å². The van der Waals surface area contributed by atoms with Crippen LogP contribution in [0.2, 0.25) is 0 Å². The summed E-state index contributed by atoms with van der Waals surface area (Å²) in [6.07, 6.45) is 3.66. The van der Waals surface area contributed by atoms with Crippen LogP contribution in [0.25, 0.3) is 0 Å². The van der Waals surface area contributed by atoms with Crippen molar-refractivity contribution >= 4 is 5.97 Å². The first-order valence-corrected chi connectivity index (χ1v) is 4.14. The highest BCUT2D eigenvalue weighted by atomic mass is 16.6. The Morgan fingerprint density at radius 1 is 1.42 bits per heavy atom. The summed E-state index contributed by atoms with van der Waals surface area (Å²) >= 11 is 0. The summed E-state index contributed by atoms with van der Waals surface area (Å²) in [6, 6.07) is 0. The number of hydrogen-bond donors (Lipinski definition) is 0. The molecule has 3 heteroatoms. The highest BCUT2D eigenvalue weighted by Crippen LogP contribution is 2.34. The molecule has 0 aliphatic heterocycles. The Bertz CT molecular complexity index is 190. The van der Waals surface area contributed by atoms with Crippen LogP contribution in [0.3, 0.4) is 0 Å². The van der Waals surface area contributed by atoms with E-state index in [4.69, 9.17) is 9.47 Å². The maximum Gasteiger partial charge on any atom is 0.319 e. The van der Waals surface area contributed by atoms with E-state index in [9.17, 15) is 4.79 Å². The van der Waals surface area contributed by atoms with Gasteiger partial charge in [0.05, 0.1) is 6.61 Å². The summed E-state index contributed by atoms with van der Waals surface area (Å²) in [5, 5.41) is 0. The van der Waals surface area contributed by atoms with Crippen LogP contribution in [0.15, 0.2) is 12.2 Å². The van der Waals surface area contributed by atoms with Gasteiger partial charge in [0.2, 0.25) is 0 Å². The molecule has 3 nitrogen and oxygen atoms in total. The molecule has 0 saturated heterocycles. The van der Waals surface area contributed by atoms with Gasteiger partial charge >= 0.3 is 5.97 Å². The van der Waals surface area contributed by atoms with Gasteiger partial charge in [0.25, 0.3) is 0 Å². The van der Waals surface area contributed by atoms with Crippen molar-refractivity contribution < 1.29 is 14.3 Å². The first-order valence-electron chi connectivity index (χ1n) is 4.14. The normalized spacial score (nSPS) is 17.5. The molecule has 0 radical (unpaired) electrons. The van der Waals surface area contributed by atoms with Crippen LogP contribution in [0.5, 0.6) is 0 Å². The molecule has 0 atom stereocenters. The first kappa shape index (κ1) is 9.26. The van der Waals surface area contributed by atoms with Crippen LogP contribution in [-0.2, 0) is 14.3 Å². The van der Waals surface area contributed by atoms with Crippen molar-refractivity contribution in [1.82, 2.24) is 0 Å². The van der Waals surface area contributed by atoms with E-state index >= 15 is 0 Å². The zero-order chi connectivity index (χ0) is 9.03. The number of carbonyl (C=O) groups is 1. The number of esters is 1. The van der Waals surface area contributed by atoms with Gasteiger partial charge in [-0.15, -0.1) is 0 Å². The smallest absolute Gasteiger partial charge is 0.319 e. The first-order chi connectivity index (χ1) is 5.69. The monoisotopic (exact) mass is 170 g/mol. The lowest BCUT2D eigenvalue weighted by atomic mass is 10.1. The second kappa shape index (κ2) is 3.72. The third-order valence-corrected chi connectivity index (χ3v) is 1.77. The second-order valence-corrected chi connectivity index (χ2v) is 2.95. The minimum absolute atomic E-state index is 0.179. The Morgan fingerprint density at radius 2 is 2.08 bits per heavy atom. The highest BCUT2D eigenvalue weighted by Gasteiger charge is 2.38. The van der Waals surface area contributed by atoms with Gasteiger partial charge in [-0.1, -0.05) is 12.2 Å². The molecule has 0 unspecified atom stereocenters. The summed E-state index contributed by atoms with van der Waals surface area (Å²) in [5.74, 6) is -0.179. The van der Waals surface area contributed by atoms with E-state index in [0.29, 0.717) is 19.8 Å². The third-order valence-electron chi connectivity index (χ3n) is 1.77. The molecule has 0 heterocycles. The Morgan fingerprint density at radius 3 is 2.58 bits per heavy atom. The third kappa shape index (κ3) is 2.34. The van der Waals surface area contributed by atoms with E-state index in [1.165, 1.54) is 0 Å². The lowest BCUT2D eigenvalue weighted by Gasteiger charge is -2.09. The predicted octanol–water partition coefficient (Wildman–Crippen LogP) is 1.14. The van der Waals surface area contributed by atoms with Crippen LogP contribution in [0, 0.1) is 5.41 Å². The van der Waals surface area contributed by atoms with Crippen LogP contribution < -0.4 is 0 Å². The maximum atomic E-state index is 11.1. The summed E-state index contributed by atoms with van der Waals surface area (Å²) in [4.78, 5) is 11.1. The summed E-state index contributed by atoms with van der Waals surface area (Å²) in [5.41, 5.74) is -0.411. The highest BCUT2D eigenvalue weighted by molar-refractivity contribution is 5.85. The van der Waals surface area contributed by atoms with Crippen molar-refractivity contribution in [3.05, 3.63) is 12.2 Å². The van der Waals surface area contributed by atoms with E-state index in [2.05, 4.69) is 0 Å². The Labute approximate surface area is 72.4 Å². The van der Waals surface area contributed by atoms with E-state index in [1.807, 2.05) is 26.0 Å². The Hall–Kier alpha value is -0.830. The molecule has 0 aromatic heterocycles. The van der Waals surface area contributed by atoms with Crippen molar-refractivity contribution in [1.29, 1.82) is 0 Å². The topological polar surface area (TPSA) is 35.5 Å². The fraction of sp³-hybridized carbons (Fsp3) is 0.667. The van der Waals surface area contributed by atoms with Crippen molar-refractivity contribution in [3.63, 3.8) is 0 Å². The van der Waals surface area contributed by atoms with Crippen molar-refractivity contribution in [3.8, 4) is 0 Å². The van der Waals surface area contributed by atoms with Gasteiger partial charge < -0.3 is 9.47 Å². The standard InChI is InChI=1S/C9H14O3/c1-3-11-6-7-12-8(10)9(2)4-5-9/h4-5H,3,6-7H2,1-2H3. The molecule has 1 rings (SSSR count). The average Bonchev–Trinajstić information content (AvgIpc) is 2.78. The predicted molar refractivity (Wildman–Crippen MR) is 44.7 cm³/mol. The number of ether oxygens (including phenoxy) is 2. The zero-order valence-corrected chi connectivity index (χ0v) is 7.50. The molecule has 0 saturated carbocycles. The van der Waals surface area contributed by atoms with Gasteiger partial charge in [0.15, 0.2) is 0 Å². The molecule has 0 aromatic rings. The number of carbonyl (C=O) groups excluding carboxylic acids is 1. The summed E-state index contributed by atoms with van der Waals surface area (Å²) < 4.78 is 9.96. The molecule has 12 heavy (non-hydrogen) atoms. The van der Waals surface area contributed by atoms with Gasteiger partial charge in [0.1, 0.15) is 12.0 Å². The zero-order valence-electron chi connectivity index (χ0n) is 7.50. The fourth-order valence-electron chi connectivity index (χ4n) is 0.754. The van der Waals surface area contributed by atoms with Gasteiger partial charge in [-0.3, -0.25) is 4.79 Å².